The van der Waals surface area contributed by atoms with Crippen molar-refractivity contribution in [1.29, 1.82) is 0 Å². The molecular weight excluding hydrogens is 270 g/mol. The van der Waals surface area contributed by atoms with Crippen LogP contribution in [-0.4, -0.2) is 34.0 Å². The van der Waals surface area contributed by atoms with E-state index in [0.717, 1.165) is 28.1 Å². The van der Waals surface area contributed by atoms with Crippen LogP contribution in [0.1, 0.15) is 5.56 Å². The summed E-state index contributed by atoms with van der Waals surface area (Å²) >= 11 is 0. The summed E-state index contributed by atoms with van der Waals surface area (Å²) in [7, 11) is 3.24. The van der Waals surface area contributed by atoms with E-state index in [9.17, 15) is 0 Å². The molecule has 21 heavy (non-hydrogen) atoms. The summed E-state index contributed by atoms with van der Waals surface area (Å²) in [6, 6.07) is 5.65. The summed E-state index contributed by atoms with van der Waals surface area (Å²) in [6.45, 7) is 0.508. The van der Waals surface area contributed by atoms with Gasteiger partial charge in [-0.15, -0.1) is 0 Å². The van der Waals surface area contributed by atoms with Gasteiger partial charge in [-0.1, -0.05) is 0 Å². The first-order valence-corrected chi connectivity index (χ1v) is 6.36. The van der Waals surface area contributed by atoms with Gasteiger partial charge < -0.3 is 15.2 Å². The molecule has 0 aliphatic heterocycles. The normalized spacial score (nSPS) is 10.8. The van der Waals surface area contributed by atoms with Gasteiger partial charge in [0.2, 0.25) is 0 Å². The zero-order valence-corrected chi connectivity index (χ0v) is 11.8. The number of ether oxygens (including phenoxy) is 2. The second-order valence-electron chi connectivity index (χ2n) is 4.47. The largest absolute Gasteiger partial charge is 0.497 e. The van der Waals surface area contributed by atoms with Gasteiger partial charge >= 0.3 is 0 Å². The number of methoxy groups -OCH3 is 2. The zero-order chi connectivity index (χ0) is 14.8. The van der Waals surface area contributed by atoms with Crippen LogP contribution >= 0.6 is 0 Å². The van der Waals surface area contributed by atoms with Gasteiger partial charge in [0, 0.05) is 11.6 Å². The van der Waals surface area contributed by atoms with E-state index < -0.39 is 0 Å². The molecule has 0 aliphatic carbocycles. The van der Waals surface area contributed by atoms with Crippen LogP contribution in [0.15, 0.2) is 30.7 Å². The summed E-state index contributed by atoms with van der Waals surface area (Å²) in [5.41, 5.74) is 8.31. The molecule has 0 amide bonds. The summed E-state index contributed by atoms with van der Waals surface area (Å²) in [5.74, 6) is 1.88. The van der Waals surface area contributed by atoms with Crippen LogP contribution < -0.4 is 15.2 Å². The molecule has 0 fully saturated rings. The van der Waals surface area contributed by atoms with Crippen molar-refractivity contribution in [3.05, 3.63) is 36.3 Å². The molecule has 108 valence electrons. The maximum Gasteiger partial charge on any atom is 0.153 e. The molecule has 0 bridgehead atoms. The number of anilines is 1. The van der Waals surface area contributed by atoms with E-state index in [1.165, 1.54) is 6.33 Å². The first kappa shape index (κ1) is 13.2. The molecule has 0 saturated heterocycles. The number of fused-ring (bicyclic) bond motifs is 1. The third-order valence-corrected chi connectivity index (χ3v) is 3.27. The highest BCUT2D eigenvalue weighted by molar-refractivity contribution is 5.83. The number of nitrogen functional groups attached to an aromatic ring is 1. The minimum atomic E-state index is 0.407. The molecule has 1 aromatic carbocycles. The van der Waals surface area contributed by atoms with E-state index in [2.05, 4.69) is 15.1 Å². The first-order chi connectivity index (χ1) is 10.2. The van der Waals surface area contributed by atoms with Gasteiger partial charge in [-0.25, -0.2) is 9.97 Å². The topological polar surface area (TPSA) is 88.1 Å². The van der Waals surface area contributed by atoms with Crippen LogP contribution in [0.4, 0.5) is 5.82 Å². The molecule has 0 aliphatic rings. The van der Waals surface area contributed by atoms with E-state index in [-0.39, 0.29) is 0 Å². The molecule has 7 heteroatoms. The van der Waals surface area contributed by atoms with Crippen molar-refractivity contribution in [2.24, 2.45) is 0 Å². The van der Waals surface area contributed by atoms with Crippen LogP contribution in [0.25, 0.3) is 11.0 Å². The minimum absolute atomic E-state index is 0.407. The average Bonchev–Trinajstić information content (AvgIpc) is 2.92. The standard InChI is InChI=1S/C14H15N5O2/c1-20-10-4-3-9(12(5-10)21-2)7-19-13-11(6-18-19)16-8-17-14(13)15/h3-6,8H,7H2,1-2H3,(H2,15,16,17). The van der Waals surface area contributed by atoms with Crippen molar-refractivity contribution in [2.45, 2.75) is 6.54 Å². The Morgan fingerprint density at radius 1 is 1.19 bits per heavy atom. The number of hydrogen-bond acceptors (Lipinski definition) is 6. The van der Waals surface area contributed by atoms with E-state index in [1.807, 2.05) is 18.2 Å². The maximum absolute atomic E-state index is 5.91. The molecule has 2 aromatic heterocycles. The number of hydrogen-bond donors (Lipinski definition) is 1. The van der Waals surface area contributed by atoms with Gasteiger partial charge in [0.15, 0.2) is 5.82 Å². The maximum atomic E-state index is 5.91. The minimum Gasteiger partial charge on any atom is -0.497 e. The lowest BCUT2D eigenvalue weighted by Crippen LogP contribution is -2.06. The summed E-state index contributed by atoms with van der Waals surface area (Å²) in [4.78, 5) is 8.15. The smallest absolute Gasteiger partial charge is 0.153 e. The molecule has 3 rings (SSSR count). The van der Waals surface area contributed by atoms with Gasteiger partial charge in [0.05, 0.1) is 27.0 Å². The first-order valence-electron chi connectivity index (χ1n) is 6.36. The van der Waals surface area contributed by atoms with Crippen molar-refractivity contribution in [1.82, 2.24) is 19.7 Å². The Morgan fingerprint density at radius 3 is 2.81 bits per heavy atom. The van der Waals surface area contributed by atoms with Crippen molar-refractivity contribution >= 4 is 16.9 Å². The summed E-state index contributed by atoms with van der Waals surface area (Å²) < 4.78 is 12.3. The second-order valence-corrected chi connectivity index (χ2v) is 4.47. The lowest BCUT2D eigenvalue weighted by Gasteiger charge is -2.11. The highest BCUT2D eigenvalue weighted by Crippen LogP contribution is 2.26. The van der Waals surface area contributed by atoms with Gasteiger partial charge in [-0.3, -0.25) is 4.68 Å². The molecule has 7 nitrogen and oxygen atoms in total. The Morgan fingerprint density at radius 2 is 2.05 bits per heavy atom. The second kappa shape index (κ2) is 5.28. The summed E-state index contributed by atoms with van der Waals surface area (Å²) in [6.07, 6.45) is 3.10. The molecule has 2 heterocycles. The van der Waals surface area contributed by atoms with Crippen molar-refractivity contribution < 1.29 is 9.47 Å². The SMILES string of the molecule is COc1ccc(Cn2ncc3ncnc(N)c32)c(OC)c1. The lowest BCUT2D eigenvalue weighted by molar-refractivity contribution is 0.390. The quantitative estimate of drug-likeness (QED) is 0.781. The Bertz CT molecular complexity index is 784. The van der Waals surface area contributed by atoms with Crippen LogP contribution in [0, 0.1) is 0 Å². The molecule has 0 saturated carbocycles. The van der Waals surface area contributed by atoms with Crippen LogP contribution in [0.2, 0.25) is 0 Å². The Hall–Kier alpha value is -2.83. The van der Waals surface area contributed by atoms with E-state index in [0.29, 0.717) is 12.4 Å². The van der Waals surface area contributed by atoms with Crippen LogP contribution in [0.5, 0.6) is 11.5 Å². The number of rotatable bonds is 4. The average molecular weight is 285 g/mol. The van der Waals surface area contributed by atoms with E-state index in [4.69, 9.17) is 15.2 Å². The molecule has 0 spiro atoms. The van der Waals surface area contributed by atoms with Gasteiger partial charge in [-0.2, -0.15) is 5.10 Å². The van der Waals surface area contributed by atoms with Crippen LogP contribution in [0.3, 0.4) is 0 Å². The Labute approximate surface area is 121 Å². The lowest BCUT2D eigenvalue weighted by atomic mass is 10.2. The molecule has 0 unspecified atom stereocenters. The number of nitrogens with zero attached hydrogens (tertiary/aromatic N) is 4. The van der Waals surface area contributed by atoms with Gasteiger partial charge in [0.1, 0.15) is 28.9 Å². The molecule has 0 atom stereocenters. The van der Waals surface area contributed by atoms with E-state index in [1.54, 1.807) is 25.1 Å². The fourth-order valence-corrected chi connectivity index (χ4v) is 2.21. The van der Waals surface area contributed by atoms with Crippen LogP contribution in [-0.2, 0) is 6.54 Å². The molecule has 2 N–H and O–H groups in total. The number of nitrogens with two attached hydrogens (primary N) is 1. The highest BCUT2D eigenvalue weighted by Gasteiger charge is 2.11. The van der Waals surface area contributed by atoms with Crippen molar-refractivity contribution in [2.75, 3.05) is 20.0 Å². The van der Waals surface area contributed by atoms with Gasteiger partial charge in [0.25, 0.3) is 0 Å². The molecule has 0 radical (unpaired) electrons. The van der Waals surface area contributed by atoms with E-state index >= 15 is 0 Å². The predicted octanol–water partition coefficient (Wildman–Crippen LogP) is 1.47. The Balaban J connectivity index is 2.02. The molecular formula is C14H15N5O2. The predicted molar refractivity (Wildman–Crippen MR) is 78.4 cm³/mol. The Kier molecular flexibility index (Phi) is 3.31. The van der Waals surface area contributed by atoms with Gasteiger partial charge in [-0.05, 0) is 12.1 Å². The van der Waals surface area contributed by atoms with Crippen molar-refractivity contribution in [3.8, 4) is 11.5 Å². The third kappa shape index (κ3) is 2.33. The monoisotopic (exact) mass is 285 g/mol. The fraction of sp³-hybridized carbons (Fsp3) is 0.214. The summed E-state index contributed by atoms with van der Waals surface area (Å²) in [5, 5.41) is 4.32. The fourth-order valence-electron chi connectivity index (χ4n) is 2.21. The number of aromatic nitrogens is 4. The zero-order valence-electron chi connectivity index (χ0n) is 11.8. The number of benzene rings is 1. The van der Waals surface area contributed by atoms with Crippen molar-refractivity contribution in [3.63, 3.8) is 0 Å². The molecule has 3 aromatic rings. The highest BCUT2D eigenvalue weighted by atomic mass is 16.5. The third-order valence-electron chi connectivity index (χ3n) is 3.27.